The Balaban J connectivity index is 1.78. The number of hydrogen-bond donors (Lipinski definition) is 0. The maximum Gasteiger partial charge on any atom is -0.00134 e. The van der Waals surface area contributed by atoms with Gasteiger partial charge in [0, 0.05) is 0 Å². The summed E-state index contributed by atoms with van der Waals surface area (Å²) in [5.74, 6) is 0. The molecule has 28 heavy (non-hydrogen) atoms. The van der Waals surface area contributed by atoms with Crippen LogP contribution < -0.4 is 0 Å². The van der Waals surface area contributed by atoms with Gasteiger partial charge in [-0.2, -0.15) is 0 Å². The summed E-state index contributed by atoms with van der Waals surface area (Å²) < 4.78 is 0. The minimum atomic E-state index is 1.28. The molecular formula is C28H16. The summed E-state index contributed by atoms with van der Waals surface area (Å²) >= 11 is 0. The van der Waals surface area contributed by atoms with Gasteiger partial charge >= 0.3 is 0 Å². The van der Waals surface area contributed by atoms with Crippen LogP contribution in [-0.2, 0) is 0 Å². The summed E-state index contributed by atoms with van der Waals surface area (Å²) in [5, 5.41) is 13.8. The Morgan fingerprint density at radius 1 is 0.357 bits per heavy atom. The van der Waals surface area contributed by atoms with Crippen LogP contribution in [0.1, 0.15) is 0 Å². The molecule has 0 bridgehead atoms. The van der Waals surface area contributed by atoms with Gasteiger partial charge in [0.1, 0.15) is 0 Å². The van der Waals surface area contributed by atoms with Crippen LogP contribution in [0.25, 0.3) is 54.2 Å². The van der Waals surface area contributed by atoms with Gasteiger partial charge in [0.05, 0.1) is 0 Å². The van der Waals surface area contributed by atoms with E-state index in [9.17, 15) is 0 Å². The standard InChI is InChI=1S/C28H16/c1-2-7-17(8-3-1)19-15-16-24-26-20(19)11-6-14-23(26)27-21-12-4-9-18-10-5-13-22(25(18)21)28(24)27/h1-16H. The molecule has 0 heteroatoms. The van der Waals surface area contributed by atoms with Gasteiger partial charge in [0.15, 0.2) is 0 Å². The quantitative estimate of drug-likeness (QED) is 0.286. The van der Waals surface area contributed by atoms with E-state index in [2.05, 4.69) is 97.1 Å². The second-order valence-corrected chi connectivity index (χ2v) is 7.71. The third-order valence-corrected chi connectivity index (χ3v) is 6.36. The monoisotopic (exact) mass is 352 g/mol. The van der Waals surface area contributed by atoms with E-state index in [-0.39, 0.29) is 0 Å². The Hall–Kier alpha value is -3.64. The molecule has 0 atom stereocenters. The second kappa shape index (κ2) is 4.99. The van der Waals surface area contributed by atoms with Crippen molar-refractivity contribution in [1.82, 2.24) is 0 Å². The van der Waals surface area contributed by atoms with Gasteiger partial charge in [0.2, 0.25) is 0 Å². The number of hydrogen-bond acceptors (Lipinski definition) is 0. The summed E-state index contributed by atoms with van der Waals surface area (Å²) in [6, 6.07) is 35.6. The summed E-state index contributed by atoms with van der Waals surface area (Å²) in [7, 11) is 0. The normalized spacial score (nSPS) is 12.3. The number of rotatable bonds is 1. The van der Waals surface area contributed by atoms with Crippen molar-refractivity contribution in [3.8, 4) is 11.1 Å². The molecule has 0 fully saturated rings. The molecule has 0 aliphatic heterocycles. The zero-order valence-corrected chi connectivity index (χ0v) is 15.2. The van der Waals surface area contributed by atoms with E-state index >= 15 is 0 Å². The molecule has 128 valence electrons. The third kappa shape index (κ3) is 1.62. The Morgan fingerprint density at radius 3 is 1.64 bits per heavy atom. The van der Waals surface area contributed by atoms with Crippen LogP contribution in [0.5, 0.6) is 0 Å². The lowest BCUT2D eigenvalue weighted by Crippen LogP contribution is -1.82. The molecule has 7 rings (SSSR count). The average Bonchev–Trinajstić information content (AvgIpc) is 3.27. The SMILES string of the molecule is c1ccc(-c2ccc3c4c5cccc6cccc(c=4c4cccc2c43)c65)cc1. The molecule has 0 amide bonds. The van der Waals surface area contributed by atoms with Crippen molar-refractivity contribution in [2.45, 2.75) is 0 Å². The van der Waals surface area contributed by atoms with E-state index in [0.717, 1.165) is 0 Å². The Bertz CT molecular complexity index is 1620. The van der Waals surface area contributed by atoms with Gasteiger partial charge in [-0.3, -0.25) is 0 Å². The third-order valence-electron chi connectivity index (χ3n) is 6.36. The van der Waals surface area contributed by atoms with Crippen molar-refractivity contribution in [2.24, 2.45) is 0 Å². The van der Waals surface area contributed by atoms with Crippen molar-refractivity contribution < 1.29 is 0 Å². The molecule has 0 saturated carbocycles. The van der Waals surface area contributed by atoms with Crippen LogP contribution in [-0.4, -0.2) is 0 Å². The van der Waals surface area contributed by atoms with Crippen LogP contribution in [0.2, 0.25) is 0 Å². The zero-order chi connectivity index (χ0) is 18.2. The number of fused-ring (bicyclic) bond motifs is 4. The maximum atomic E-state index is 2.33. The summed E-state index contributed by atoms with van der Waals surface area (Å²) in [5.41, 5.74) is 2.59. The lowest BCUT2D eigenvalue weighted by Gasteiger charge is -2.09. The fraction of sp³-hybridized carbons (Fsp3) is 0. The molecule has 0 N–H and O–H groups in total. The van der Waals surface area contributed by atoms with Crippen molar-refractivity contribution in [1.29, 1.82) is 0 Å². The lowest BCUT2D eigenvalue weighted by atomic mass is 9.95. The van der Waals surface area contributed by atoms with Crippen molar-refractivity contribution in [3.63, 3.8) is 0 Å². The molecular weight excluding hydrogens is 336 g/mol. The molecule has 0 radical (unpaired) electrons. The lowest BCUT2D eigenvalue weighted by molar-refractivity contribution is 1.67. The summed E-state index contributed by atoms with van der Waals surface area (Å²) in [6.07, 6.45) is 0. The molecule has 2 aliphatic rings. The van der Waals surface area contributed by atoms with Gasteiger partial charge in [0.25, 0.3) is 0 Å². The van der Waals surface area contributed by atoms with E-state index in [1.165, 1.54) is 64.7 Å². The largest absolute Gasteiger partial charge is 0.0622 e. The highest BCUT2D eigenvalue weighted by atomic mass is 14.2. The summed E-state index contributed by atoms with van der Waals surface area (Å²) in [6.45, 7) is 0. The minimum Gasteiger partial charge on any atom is -0.0622 e. The molecule has 0 saturated heterocycles. The molecule has 0 aromatic heterocycles. The summed E-state index contributed by atoms with van der Waals surface area (Å²) in [4.78, 5) is 0. The van der Waals surface area contributed by atoms with Crippen LogP contribution >= 0.6 is 0 Å². The van der Waals surface area contributed by atoms with E-state index < -0.39 is 0 Å². The molecule has 5 aromatic rings. The van der Waals surface area contributed by atoms with Gasteiger partial charge in [-0.15, -0.1) is 0 Å². The molecule has 5 aromatic carbocycles. The van der Waals surface area contributed by atoms with Crippen LogP contribution in [0.4, 0.5) is 0 Å². The molecule has 0 spiro atoms. The van der Waals surface area contributed by atoms with Gasteiger partial charge in [-0.25, -0.2) is 0 Å². The predicted octanol–water partition coefficient (Wildman–Crippen LogP) is 7.57. The first-order chi connectivity index (χ1) is 13.9. The van der Waals surface area contributed by atoms with E-state index in [1.54, 1.807) is 0 Å². The van der Waals surface area contributed by atoms with Crippen LogP contribution in [0.15, 0.2) is 97.1 Å². The molecule has 0 unspecified atom stereocenters. The van der Waals surface area contributed by atoms with Gasteiger partial charge in [-0.1, -0.05) is 97.1 Å². The molecule has 2 aliphatic carbocycles. The second-order valence-electron chi connectivity index (χ2n) is 7.71. The molecule has 0 nitrogen and oxygen atoms in total. The average molecular weight is 352 g/mol. The zero-order valence-electron chi connectivity index (χ0n) is 15.2. The Labute approximate surface area is 162 Å². The minimum absolute atomic E-state index is 1.28. The van der Waals surface area contributed by atoms with Gasteiger partial charge < -0.3 is 0 Å². The van der Waals surface area contributed by atoms with Crippen molar-refractivity contribution in [3.05, 3.63) is 107 Å². The van der Waals surface area contributed by atoms with Crippen LogP contribution in [0, 0.1) is 10.4 Å². The fourth-order valence-electron chi connectivity index (χ4n) is 5.28. The predicted molar refractivity (Wildman–Crippen MR) is 120 cm³/mol. The van der Waals surface area contributed by atoms with E-state index in [0.29, 0.717) is 0 Å². The highest BCUT2D eigenvalue weighted by Crippen LogP contribution is 2.43. The smallest absolute Gasteiger partial charge is 0.00134 e. The topological polar surface area (TPSA) is 0 Å². The highest BCUT2D eigenvalue weighted by Gasteiger charge is 2.18. The van der Waals surface area contributed by atoms with Crippen molar-refractivity contribution >= 4 is 43.1 Å². The Morgan fingerprint density at radius 2 is 0.929 bits per heavy atom. The first kappa shape index (κ1) is 14.4. The van der Waals surface area contributed by atoms with E-state index in [4.69, 9.17) is 0 Å². The maximum absolute atomic E-state index is 2.33. The first-order valence-electron chi connectivity index (χ1n) is 9.80. The van der Waals surface area contributed by atoms with E-state index in [1.807, 2.05) is 0 Å². The van der Waals surface area contributed by atoms with Gasteiger partial charge in [-0.05, 0) is 64.7 Å². The Kier molecular flexibility index (Phi) is 2.57. The van der Waals surface area contributed by atoms with Crippen molar-refractivity contribution in [2.75, 3.05) is 0 Å². The number of benzene rings is 5. The van der Waals surface area contributed by atoms with Crippen LogP contribution in [0.3, 0.4) is 0 Å². The fourth-order valence-corrected chi connectivity index (χ4v) is 5.28. The first-order valence-corrected chi connectivity index (χ1v) is 9.80. The molecule has 0 heterocycles. The highest BCUT2D eigenvalue weighted by molar-refractivity contribution is 6.24.